The van der Waals surface area contributed by atoms with E-state index in [2.05, 4.69) is 0 Å². The monoisotopic (exact) mass is 417 g/mol. The number of furan rings is 1. The zero-order valence-corrected chi connectivity index (χ0v) is 16.4. The van der Waals surface area contributed by atoms with Crippen molar-refractivity contribution in [1.82, 2.24) is 4.90 Å². The van der Waals surface area contributed by atoms with Gasteiger partial charge in [-0.15, -0.1) is 0 Å². The van der Waals surface area contributed by atoms with Gasteiger partial charge in [-0.3, -0.25) is 9.59 Å². The van der Waals surface area contributed by atoms with E-state index >= 15 is 0 Å². The highest BCUT2D eigenvalue weighted by atomic mass is 16.5. The SMILES string of the molecule is COCc1cc([C@@H]2C(C(=O)c3ccco3)=C(O)C(=O)N2CCOCCO)ccc1O. The van der Waals surface area contributed by atoms with Crippen LogP contribution in [0.3, 0.4) is 0 Å². The highest BCUT2D eigenvalue weighted by molar-refractivity contribution is 6.15. The largest absolute Gasteiger partial charge is 0.508 e. The van der Waals surface area contributed by atoms with Gasteiger partial charge in [0.15, 0.2) is 11.5 Å². The Morgan fingerprint density at radius 3 is 2.70 bits per heavy atom. The number of aromatic hydroxyl groups is 1. The lowest BCUT2D eigenvalue weighted by molar-refractivity contribution is -0.130. The first kappa shape index (κ1) is 21.6. The molecule has 1 atom stereocenters. The molecule has 1 amide bonds. The quantitative estimate of drug-likeness (QED) is 0.394. The lowest BCUT2D eigenvalue weighted by atomic mass is 9.93. The molecule has 3 N–H and O–H groups in total. The number of carbonyl (C=O) groups is 2. The maximum atomic E-state index is 13.0. The molecule has 9 heteroatoms. The van der Waals surface area contributed by atoms with E-state index < -0.39 is 23.5 Å². The predicted octanol–water partition coefficient (Wildman–Crippen LogP) is 1.72. The molecular formula is C21H23NO8. The summed E-state index contributed by atoms with van der Waals surface area (Å²) in [6.07, 6.45) is 1.33. The van der Waals surface area contributed by atoms with Crippen LogP contribution in [0.2, 0.25) is 0 Å². The van der Waals surface area contributed by atoms with Crippen molar-refractivity contribution in [2.24, 2.45) is 0 Å². The summed E-state index contributed by atoms with van der Waals surface area (Å²) in [6.45, 7) is 0.227. The van der Waals surface area contributed by atoms with Crippen LogP contribution in [-0.2, 0) is 20.9 Å². The zero-order valence-electron chi connectivity index (χ0n) is 16.4. The van der Waals surface area contributed by atoms with Crippen molar-refractivity contribution in [2.75, 3.05) is 33.5 Å². The van der Waals surface area contributed by atoms with Gasteiger partial charge in [0.2, 0.25) is 5.78 Å². The van der Waals surface area contributed by atoms with Gasteiger partial charge in [-0.25, -0.2) is 0 Å². The number of aliphatic hydroxyl groups is 2. The first-order valence-corrected chi connectivity index (χ1v) is 9.31. The molecule has 0 radical (unpaired) electrons. The minimum atomic E-state index is -0.913. The van der Waals surface area contributed by atoms with E-state index in [4.69, 9.17) is 19.0 Å². The fourth-order valence-corrected chi connectivity index (χ4v) is 3.38. The molecule has 30 heavy (non-hydrogen) atoms. The standard InChI is InChI=1S/C21H23NO8/c1-28-12-14-11-13(4-5-15(14)24)18-17(19(25)16-3-2-8-30-16)20(26)21(27)22(18)6-9-29-10-7-23/h2-5,8,11,18,23-24,26H,6-7,9-10,12H2,1H3/t18-/m1/s1. The highest BCUT2D eigenvalue weighted by Gasteiger charge is 2.44. The number of phenols is 1. The number of aliphatic hydroxyl groups excluding tert-OH is 2. The van der Waals surface area contributed by atoms with E-state index in [-0.39, 0.29) is 50.1 Å². The van der Waals surface area contributed by atoms with Gasteiger partial charge >= 0.3 is 0 Å². The zero-order chi connectivity index (χ0) is 21.7. The molecule has 1 aliphatic heterocycles. The van der Waals surface area contributed by atoms with Gasteiger partial charge < -0.3 is 34.1 Å². The minimum Gasteiger partial charge on any atom is -0.508 e. The van der Waals surface area contributed by atoms with Crippen molar-refractivity contribution >= 4 is 11.7 Å². The Hall–Kier alpha value is -3.14. The van der Waals surface area contributed by atoms with Gasteiger partial charge in [0.05, 0.1) is 44.3 Å². The Balaban J connectivity index is 2.02. The Morgan fingerprint density at radius 1 is 1.23 bits per heavy atom. The number of hydrogen-bond acceptors (Lipinski definition) is 8. The Labute approximate surface area is 172 Å². The molecule has 0 bridgehead atoms. The summed E-state index contributed by atoms with van der Waals surface area (Å²) in [4.78, 5) is 27.1. The molecule has 2 heterocycles. The number of rotatable bonds is 10. The molecule has 9 nitrogen and oxygen atoms in total. The third-order valence-electron chi connectivity index (χ3n) is 4.72. The van der Waals surface area contributed by atoms with Crippen LogP contribution >= 0.6 is 0 Å². The van der Waals surface area contributed by atoms with Crippen LogP contribution in [-0.4, -0.2) is 65.4 Å². The lowest BCUT2D eigenvalue weighted by Crippen LogP contribution is -2.34. The summed E-state index contributed by atoms with van der Waals surface area (Å²) in [5, 5.41) is 29.5. The van der Waals surface area contributed by atoms with Crippen molar-refractivity contribution in [3.63, 3.8) is 0 Å². The first-order chi connectivity index (χ1) is 14.5. The van der Waals surface area contributed by atoms with Crippen molar-refractivity contribution < 1.29 is 38.8 Å². The lowest BCUT2D eigenvalue weighted by Gasteiger charge is -2.27. The van der Waals surface area contributed by atoms with Gasteiger partial charge in [-0.1, -0.05) is 6.07 Å². The van der Waals surface area contributed by atoms with Gasteiger partial charge in [-0.2, -0.15) is 0 Å². The molecular weight excluding hydrogens is 394 g/mol. The molecule has 1 aromatic heterocycles. The second-order valence-electron chi connectivity index (χ2n) is 6.63. The molecule has 0 saturated carbocycles. The molecule has 2 aromatic rings. The van der Waals surface area contributed by atoms with Crippen LogP contribution in [0.5, 0.6) is 5.75 Å². The number of phenolic OH excluding ortho intramolecular Hbond substituents is 1. The fourth-order valence-electron chi connectivity index (χ4n) is 3.38. The number of Topliss-reactive ketones (excluding diaryl/α,β-unsaturated/α-hetero) is 1. The summed E-state index contributed by atoms with van der Waals surface area (Å²) in [6, 6.07) is 6.70. The molecule has 0 fully saturated rings. The fraction of sp³-hybridized carbons (Fsp3) is 0.333. The van der Waals surface area contributed by atoms with E-state index in [0.29, 0.717) is 11.1 Å². The maximum absolute atomic E-state index is 13.0. The summed E-state index contributed by atoms with van der Waals surface area (Å²) < 4.78 is 15.5. The number of ketones is 1. The van der Waals surface area contributed by atoms with Crippen molar-refractivity contribution in [2.45, 2.75) is 12.6 Å². The molecule has 1 aliphatic rings. The normalized spacial score (nSPS) is 16.5. The third-order valence-corrected chi connectivity index (χ3v) is 4.72. The van der Waals surface area contributed by atoms with Gasteiger partial charge in [-0.05, 0) is 29.8 Å². The van der Waals surface area contributed by atoms with Gasteiger partial charge in [0.25, 0.3) is 5.91 Å². The third kappa shape index (κ3) is 4.23. The van der Waals surface area contributed by atoms with E-state index in [0.717, 1.165) is 0 Å². The highest BCUT2D eigenvalue weighted by Crippen LogP contribution is 2.40. The van der Waals surface area contributed by atoms with E-state index in [9.17, 15) is 19.8 Å². The smallest absolute Gasteiger partial charge is 0.290 e. The van der Waals surface area contributed by atoms with Crippen LogP contribution in [0.25, 0.3) is 0 Å². The van der Waals surface area contributed by atoms with Gasteiger partial charge in [0.1, 0.15) is 5.75 Å². The number of carbonyl (C=O) groups excluding carboxylic acids is 2. The molecule has 3 rings (SSSR count). The summed E-state index contributed by atoms with van der Waals surface area (Å²) in [5.74, 6) is -2.00. The van der Waals surface area contributed by atoms with E-state index in [1.165, 1.54) is 36.5 Å². The van der Waals surface area contributed by atoms with Crippen LogP contribution in [0.4, 0.5) is 0 Å². The Bertz CT molecular complexity index is 934. The summed E-state index contributed by atoms with van der Waals surface area (Å²) >= 11 is 0. The number of benzene rings is 1. The number of nitrogens with zero attached hydrogens (tertiary/aromatic N) is 1. The number of ether oxygens (including phenoxy) is 2. The average molecular weight is 417 g/mol. The molecule has 1 aromatic carbocycles. The Kier molecular flexibility index (Phi) is 6.88. The second kappa shape index (κ2) is 9.57. The van der Waals surface area contributed by atoms with Crippen LogP contribution in [0.1, 0.15) is 27.7 Å². The van der Waals surface area contributed by atoms with E-state index in [1.807, 2.05) is 0 Å². The molecule has 160 valence electrons. The first-order valence-electron chi connectivity index (χ1n) is 9.31. The number of amides is 1. The van der Waals surface area contributed by atoms with Gasteiger partial charge in [0, 0.05) is 19.2 Å². The average Bonchev–Trinajstić information content (AvgIpc) is 3.35. The topological polar surface area (TPSA) is 130 Å². The molecule has 0 aliphatic carbocycles. The van der Waals surface area contributed by atoms with Crippen LogP contribution in [0.15, 0.2) is 52.3 Å². The van der Waals surface area contributed by atoms with Crippen molar-refractivity contribution in [3.8, 4) is 5.75 Å². The Morgan fingerprint density at radius 2 is 2.03 bits per heavy atom. The molecule has 0 spiro atoms. The van der Waals surface area contributed by atoms with Crippen molar-refractivity contribution in [3.05, 3.63) is 64.8 Å². The summed E-state index contributed by atoms with van der Waals surface area (Å²) in [7, 11) is 1.48. The van der Waals surface area contributed by atoms with E-state index in [1.54, 1.807) is 12.1 Å². The van der Waals surface area contributed by atoms with Crippen LogP contribution < -0.4 is 0 Å². The van der Waals surface area contributed by atoms with Crippen molar-refractivity contribution in [1.29, 1.82) is 0 Å². The number of methoxy groups -OCH3 is 1. The predicted molar refractivity (Wildman–Crippen MR) is 104 cm³/mol. The molecule has 0 unspecified atom stereocenters. The number of hydrogen-bond donors (Lipinski definition) is 3. The van der Waals surface area contributed by atoms with Crippen LogP contribution in [0, 0.1) is 0 Å². The molecule has 0 saturated heterocycles. The maximum Gasteiger partial charge on any atom is 0.290 e. The minimum absolute atomic E-state index is 0.00913. The summed E-state index contributed by atoms with van der Waals surface area (Å²) in [5.41, 5.74) is 0.857. The second-order valence-corrected chi connectivity index (χ2v) is 6.63.